The summed E-state index contributed by atoms with van der Waals surface area (Å²) in [7, 11) is 0. The van der Waals surface area contributed by atoms with Crippen molar-refractivity contribution in [2.45, 2.75) is 26.5 Å². The number of nitrogen functional groups attached to an aromatic ring is 1. The first kappa shape index (κ1) is 22.4. The molecule has 1 atom stereocenters. The molecule has 5 heterocycles. The van der Waals surface area contributed by atoms with E-state index in [1.807, 2.05) is 11.5 Å². The number of hydrogen-bond donors (Lipinski definition) is 1. The fourth-order valence-corrected chi connectivity index (χ4v) is 4.55. The number of aromatic nitrogens is 6. The van der Waals surface area contributed by atoms with Crippen molar-refractivity contribution in [1.82, 2.24) is 29.5 Å². The smallest absolute Gasteiger partial charge is 0.322 e. The molecule has 9 nitrogen and oxygen atoms in total. The summed E-state index contributed by atoms with van der Waals surface area (Å²) in [6.45, 7) is 4.22. The molecule has 37 heavy (non-hydrogen) atoms. The highest BCUT2D eigenvalue weighted by Gasteiger charge is 2.30. The number of anilines is 1. The van der Waals surface area contributed by atoms with Crippen molar-refractivity contribution in [3.05, 3.63) is 66.3 Å². The molecule has 4 aromatic heterocycles. The van der Waals surface area contributed by atoms with Crippen LogP contribution in [0.1, 0.15) is 18.3 Å². The number of nitrogens with two attached hydrogens (primary N) is 1. The van der Waals surface area contributed by atoms with Gasteiger partial charge in [-0.2, -0.15) is 0 Å². The summed E-state index contributed by atoms with van der Waals surface area (Å²) >= 11 is 0. The molecule has 182 valence electrons. The van der Waals surface area contributed by atoms with Crippen LogP contribution in [0.4, 0.5) is 10.2 Å². The van der Waals surface area contributed by atoms with Gasteiger partial charge in [-0.3, -0.25) is 0 Å². The van der Waals surface area contributed by atoms with Crippen LogP contribution in [0.15, 0.2) is 49.1 Å². The summed E-state index contributed by atoms with van der Waals surface area (Å²) in [5, 5.41) is 0.605. The van der Waals surface area contributed by atoms with Gasteiger partial charge in [-0.05, 0) is 37.6 Å². The Morgan fingerprint density at radius 1 is 1.19 bits per heavy atom. The molecule has 1 aliphatic heterocycles. The summed E-state index contributed by atoms with van der Waals surface area (Å²) in [4.78, 5) is 21.3. The number of terminal acetylenes is 1. The number of benzene rings is 1. The number of fused-ring (bicyclic) bond motifs is 5. The zero-order valence-corrected chi connectivity index (χ0v) is 19.9. The van der Waals surface area contributed by atoms with Crippen LogP contribution in [0.25, 0.3) is 33.4 Å². The highest BCUT2D eigenvalue weighted by Crippen LogP contribution is 2.47. The molecular weight excluding hydrogens is 473 g/mol. The molecule has 2 N–H and O–H groups in total. The van der Waals surface area contributed by atoms with Crippen LogP contribution in [0.5, 0.6) is 17.5 Å². The number of hydrogen-bond acceptors (Lipinski definition) is 8. The molecule has 0 unspecified atom stereocenters. The first-order valence-corrected chi connectivity index (χ1v) is 11.5. The van der Waals surface area contributed by atoms with Crippen LogP contribution in [-0.2, 0) is 6.54 Å². The SMILES string of the molecule is C#Cc1cc2c(cn1)-c1c(-c3ccc(Oc4nccc(C)n4)c(F)c3)c3c(N)ncnc3n1C[C@@H](C)O2. The van der Waals surface area contributed by atoms with Gasteiger partial charge in [0.15, 0.2) is 11.6 Å². The Morgan fingerprint density at radius 2 is 2.05 bits per heavy atom. The average molecular weight is 494 g/mol. The zero-order chi connectivity index (χ0) is 25.7. The topological polar surface area (TPSA) is 114 Å². The summed E-state index contributed by atoms with van der Waals surface area (Å²) in [6, 6.07) is 8.16. The largest absolute Gasteiger partial charge is 0.488 e. The molecule has 0 saturated carbocycles. The predicted octanol–water partition coefficient (Wildman–Crippen LogP) is 4.53. The van der Waals surface area contributed by atoms with Crippen LogP contribution in [-0.4, -0.2) is 35.6 Å². The molecule has 10 heteroatoms. The van der Waals surface area contributed by atoms with Crippen LogP contribution in [0, 0.1) is 25.1 Å². The van der Waals surface area contributed by atoms with Gasteiger partial charge in [-0.25, -0.2) is 29.3 Å². The van der Waals surface area contributed by atoms with Crippen molar-refractivity contribution >= 4 is 16.9 Å². The third-order valence-electron chi connectivity index (χ3n) is 6.10. The van der Waals surface area contributed by atoms with Crippen molar-refractivity contribution in [3.8, 4) is 52.2 Å². The summed E-state index contributed by atoms with van der Waals surface area (Å²) in [5.41, 5.74) is 10.7. The molecule has 0 amide bonds. The first-order chi connectivity index (χ1) is 17.9. The number of rotatable bonds is 3. The number of aryl methyl sites for hydroxylation is 1. The van der Waals surface area contributed by atoms with Gasteiger partial charge >= 0.3 is 6.01 Å². The van der Waals surface area contributed by atoms with E-state index in [0.717, 1.165) is 5.69 Å². The number of ether oxygens (including phenoxy) is 2. The normalized spacial score (nSPS) is 14.3. The molecule has 5 aromatic rings. The monoisotopic (exact) mass is 493 g/mol. The van der Waals surface area contributed by atoms with Crippen molar-refractivity contribution in [3.63, 3.8) is 0 Å². The lowest BCUT2D eigenvalue weighted by Gasteiger charge is -2.13. The van der Waals surface area contributed by atoms with Gasteiger partial charge in [0.25, 0.3) is 0 Å². The van der Waals surface area contributed by atoms with E-state index in [1.165, 1.54) is 18.5 Å². The minimum atomic E-state index is -0.592. The Hall–Kier alpha value is -5.04. The van der Waals surface area contributed by atoms with Crippen LogP contribution in [0.2, 0.25) is 0 Å². The predicted molar refractivity (Wildman–Crippen MR) is 135 cm³/mol. The number of nitrogens with zero attached hydrogens (tertiary/aromatic N) is 6. The van der Waals surface area contributed by atoms with Crippen LogP contribution < -0.4 is 15.2 Å². The van der Waals surface area contributed by atoms with Gasteiger partial charge in [0.2, 0.25) is 0 Å². The molecular formula is C27H20FN7O2. The first-order valence-electron chi connectivity index (χ1n) is 11.5. The molecule has 0 radical (unpaired) electrons. The molecule has 0 saturated heterocycles. The molecule has 0 spiro atoms. The molecule has 1 aromatic carbocycles. The molecule has 1 aliphatic rings. The Labute approximate surface area is 211 Å². The van der Waals surface area contributed by atoms with Gasteiger partial charge < -0.3 is 19.8 Å². The van der Waals surface area contributed by atoms with Crippen molar-refractivity contribution in [2.75, 3.05) is 5.73 Å². The third kappa shape index (κ3) is 3.77. The minimum Gasteiger partial charge on any atom is -0.488 e. The quantitative estimate of drug-likeness (QED) is 0.365. The Morgan fingerprint density at radius 3 is 2.84 bits per heavy atom. The second-order valence-electron chi connectivity index (χ2n) is 8.66. The molecule has 0 aliphatic carbocycles. The van der Waals surface area contributed by atoms with E-state index in [2.05, 4.69) is 30.8 Å². The summed E-state index contributed by atoms with van der Waals surface area (Å²) in [5.74, 6) is 2.79. The number of halogens is 1. The molecule has 0 fully saturated rings. The average Bonchev–Trinajstić information content (AvgIpc) is 3.12. The molecule has 0 bridgehead atoms. The van der Waals surface area contributed by atoms with Crippen LogP contribution >= 0.6 is 0 Å². The minimum absolute atomic E-state index is 0.00846. The summed E-state index contributed by atoms with van der Waals surface area (Å²) in [6.07, 6.45) is 9.98. The van der Waals surface area contributed by atoms with Crippen molar-refractivity contribution in [2.24, 2.45) is 0 Å². The Balaban J connectivity index is 1.58. The van der Waals surface area contributed by atoms with Crippen molar-refractivity contribution < 1.29 is 13.9 Å². The van der Waals surface area contributed by atoms with E-state index < -0.39 is 5.82 Å². The fraction of sp³-hybridized carbons (Fsp3) is 0.148. The second-order valence-corrected chi connectivity index (χ2v) is 8.66. The maximum Gasteiger partial charge on any atom is 0.322 e. The lowest BCUT2D eigenvalue weighted by molar-refractivity contribution is 0.207. The van der Waals surface area contributed by atoms with E-state index in [-0.39, 0.29) is 23.7 Å². The standard InChI is InChI=1S/C27H20FN7O2/c1-4-17-10-21-18(11-31-17)24-22(23-25(29)32-13-33-26(23)35(24)12-15(3)36-21)16-5-6-20(19(28)9-16)37-27-30-8-7-14(2)34-27/h1,5-11,13,15H,12H2,2-3H3,(H2,29,32,33)/t15-/m1/s1. The van der Waals surface area contributed by atoms with Gasteiger partial charge in [0.05, 0.1) is 23.2 Å². The van der Waals surface area contributed by atoms with E-state index >= 15 is 4.39 Å². The maximum absolute atomic E-state index is 15.4. The lowest BCUT2D eigenvalue weighted by Crippen LogP contribution is -2.17. The Kier molecular flexibility index (Phi) is 5.19. The highest BCUT2D eigenvalue weighted by molar-refractivity contribution is 6.08. The molecule has 6 rings (SSSR count). The maximum atomic E-state index is 15.4. The lowest BCUT2D eigenvalue weighted by atomic mass is 9.98. The zero-order valence-electron chi connectivity index (χ0n) is 19.9. The van der Waals surface area contributed by atoms with E-state index in [4.69, 9.17) is 21.6 Å². The van der Waals surface area contributed by atoms with Crippen LogP contribution in [0.3, 0.4) is 0 Å². The van der Waals surface area contributed by atoms with E-state index in [1.54, 1.807) is 37.5 Å². The Bertz CT molecular complexity index is 1740. The fourth-order valence-electron chi connectivity index (χ4n) is 4.55. The van der Waals surface area contributed by atoms with E-state index in [9.17, 15) is 0 Å². The van der Waals surface area contributed by atoms with Gasteiger partial charge in [0.1, 0.15) is 35.3 Å². The van der Waals surface area contributed by atoms with Crippen molar-refractivity contribution in [1.29, 1.82) is 0 Å². The second kappa shape index (κ2) is 8.57. The van der Waals surface area contributed by atoms with Gasteiger partial charge in [-0.15, -0.1) is 6.42 Å². The summed E-state index contributed by atoms with van der Waals surface area (Å²) < 4.78 is 29.2. The highest BCUT2D eigenvalue weighted by atomic mass is 19.1. The van der Waals surface area contributed by atoms with Gasteiger partial charge in [-0.1, -0.05) is 12.0 Å². The van der Waals surface area contributed by atoms with E-state index in [0.29, 0.717) is 51.4 Å². The van der Waals surface area contributed by atoms with Gasteiger partial charge in [0, 0.05) is 29.7 Å². The third-order valence-corrected chi connectivity index (χ3v) is 6.10. The number of pyridine rings is 1.